The molecule has 116 valence electrons. The van der Waals surface area contributed by atoms with Crippen molar-refractivity contribution >= 4 is 17.4 Å². The zero-order valence-corrected chi connectivity index (χ0v) is 13.7. The molecule has 2 heterocycles. The number of benzene rings is 1. The highest BCUT2D eigenvalue weighted by Gasteiger charge is 2.33. The molecule has 21 heavy (non-hydrogen) atoms. The van der Waals surface area contributed by atoms with E-state index in [1.807, 2.05) is 17.8 Å². The van der Waals surface area contributed by atoms with Crippen LogP contribution in [0.15, 0.2) is 24.3 Å². The molecule has 3 rings (SSSR count). The Morgan fingerprint density at radius 3 is 2.71 bits per heavy atom. The van der Waals surface area contributed by atoms with E-state index < -0.39 is 0 Å². The van der Waals surface area contributed by atoms with Gasteiger partial charge in [0.05, 0.1) is 7.11 Å². The summed E-state index contributed by atoms with van der Waals surface area (Å²) in [4.78, 5) is 5.13. The van der Waals surface area contributed by atoms with Crippen molar-refractivity contribution in [3.8, 4) is 5.75 Å². The van der Waals surface area contributed by atoms with E-state index in [-0.39, 0.29) is 0 Å². The van der Waals surface area contributed by atoms with E-state index in [0.29, 0.717) is 6.04 Å². The van der Waals surface area contributed by atoms with E-state index >= 15 is 0 Å². The number of methoxy groups -OCH3 is 1. The Labute approximate surface area is 131 Å². The first kappa shape index (κ1) is 15.0. The van der Waals surface area contributed by atoms with Gasteiger partial charge in [0, 0.05) is 62.3 Å². The topological polar surface area (TPSA) is 27.7 Å². The van der Waals surface area contributed by atoms with Crippen LogP contribution in [0, 0.1) is 0 Å². The van der Waals surface area contributed by atoms with Crippen molar-refractivity contribution in [1.82, 2.24) is 10.2 Å². The number of nitrogens with one attached hydrogen (secondary N) is 1. The normalized spacial score (nSPS) is 27.0. The molecule has 0 saturated carbocycles. The second-order valence-corrected chi connectivity index (χ2v) is 6.80. The van der Waals surface area contributed by atoms with Crippen molar-refractivity contribution < 1.29 is 4.74 Å². The predicted molar refractivity (Wildman–Crippen MR) is 90.7 cm³/mol. The summed E-state index contributed by atoms with van der Waals surface area (Å²) in [7, 11) is 1.73. The average Bonchev–Trinajstić information content (AvgIpc) is 3.03. The molecule has 0 aromatic heterocycles. The zero-order chi connectivity index (χ0) is 14.7. The molecule has 2 fully saturated rings. The second kappa shape index (κ2) is 6.90. The fourth-order valence-electron chi connectivity index (χ4n) is 3.36. The van der Waals surface area contributed by atoms with Crippen LogP contribution in [0.1, 0.15) is 0 Å². The number of hydrogen-bond donors (Lipinski definition) is 1. The quantitative estimate of drug-likeness (QED) is 0.910. The van der Waals surface area contributed by atoms with Gasteiger partial charge in [-0.05, 0) is 18.4 Å². The highest BCUT2D eigenvalue weighted by atomic mass is 32.2. The first-order valence-corrected chi connectivity index (χ1v) is 8.97. The van der Waals surface area contributed by atoms with Crippen molar-refractivity contribution in [2.45, 2.75) is 11.3 Å². The minimum Gasteiger partial charge on any atom is -0.497 e. The summed E-state index contributed by atoms with van der Waals surface area (Å²) >= 11 is 2.00. The summed E-state index contributed by atoms with van der Waals surface area (Å²) in [6, 6.07) is 9.10. The van der Waals surface area contributed by atoms with Gasteiger partial charge in [-0.3, -0.25) is 4.90 Å². The monoisotopic (exact) mass is 307 g/mol. The summed E-state index contributed by atoms with van der Waals surface area (Å²) < 4.78 is 5.33. The van der Waals surface area contributed by atoms with Crippen LogP contribution in [0.4, 0.5) is 5.69 Å². The van der Waals surface area contributed by atoms with E-state index in [9.17, 15) is 0 Å². The number of piperazine rings is 1. The van der Waals surface area contributed by atoms with Crippen LogP contribution in [-0.2, 0) is 0 Å². The Hall–Kier alpha value is -0.910. The van der Waals surface area contributed by atoms with E-state index in [4.69, 9.17) is 4.74 Å². The zero-order valence-electron chi connectivity index (χ0n) is 12.9. The molecular weight excluding hydrogens is 282 g/mol. The van der Waals surface area contributed by atoms with Gasteiger partial charge in [-0.1, -0.05) is 6.07 Å². The average molecular weight is 307 g/mol. The molecule has 4 nitrogen and oxygen atoms in total. The summed E-state index contributed by atoms with van der Waals surface area (Å²) in [5.74, 6) is 0.942. The SMILES string of the molecule is COc1cccc(N2CCN(C3CNCC3SC)CC2)c1. The standard InChI is InChI=1S/C16H25N3OS/c1-20-14-5-3-4-13(10-14)18-6-8-19(9-7-18)15-11-17-12-16(15)21-2/h3-5,10,15-17H,6-9,11-12H2,1-2H3. The number of ether oxygens (including phenoxy) is 1. The van der Waals surface area contributed by atoms with Gasteiger partial charge in [0.2, 0.25) is 0 Å². The number of rotatable bonds is 4. The molecule has 0 aliphatic carbocycles. The summed E-state index contributed by atoms with van der Waals surface area (Å²) in [6.07, 6.45) is 2.23. The first-order chi connectivity index (χ1) is 10.3. The molecule has 0 spiro atoms. The minimum atomic E-state index is 0.701. The minimum absolute atomic E-state index is 0.701. The maximum Gasteiger partial charge on any atom is 0.120 e. The highest BCUT2D eigenvalue weighted by molar-refractivity contribution is 7.99. The van der Waals surface area contributed by atoms with Gasteiger partial charge < -0.3 is 15.0 Å². The Morgan fingerprint density at radius 1 is 1.19 bits per heavy atom. The molecule has 0 radical (unpaired) electrons. The van der Waals surface area contributed by atoms with Crippen LogP contribution in [0.25, 0.3) is 0 Å². The lowest BCUT2D eigenvalue weighted by Crippen LogP contribution is -2.53. The number of nitrogens with zero attached hydrogens (tertiary/aromatic N) is 2. The van der Waals surface area contributed by atoms with Gasteiger partial charge in [-0.25, -0.2) is 0 Å². The summed E-state index contributed by atoms with van der Waals surface area (Å²) in [6.45, 7) is 6.81. The third kappa shape index (κ3) is 3.30. The molecule has 5 heteroatoms. The van der Waals surface area contributed by atoms with Gasteiger partial charge in [0.1, 0.15) is 5.75 Å². The van der Waals surface area contributed by atoms with Crippen LogP contribution < -0.4 is 15.0 Å². The van der Waals surface area contributed by atoms with Gasteiger partial charge in [-0.2, -0.15) is 11.8 Å². The van der Waals surface area contributed by atoms with E-state index in [2.05, 4.69) is 39.6 Å². The first-order valence-electron chi connectivity index (χ1n) is 7.68. The molecule has 0 bridgehead atoms. The van der Waals surface area contributed by atoms with Crippen LogP contribution >= 0.6 is 11.8 Å². The second-order valence-electron chi connectivity index (χ2n) is 5.72. The smallest absolute Gasteiger partial charge is 0.120 e. The Balaban J connectivity index is 1.59. The fraction of sp³-hybridized carbons (Fsp3) is 0.625. The molecule has 2 aliphatic rings. The van der Waals surface area contributed by atoms with Crippen molar-refractivity contribution in [3.05, 3.63) is 24.3 Å². The van der Waals surface area contributed by atoms with Crippen LogP contribution in [-0.4, -0.2) is 68.8 Å². The lowest BCUT2D eigenvalue weighted by atomic mass is 10.1. The Kier molecular flexibility index (Phi) is 4.93. The molecular formula is C16H25N3OS. The lowest BCUT2D eigenvalue weighted by molar-refractivity contribution is 0.200. The highest BCUT2D eigenvalue weighted by Crippen LogP contribution is 2.25. The summed E-state index contributed by atoms with van der Waals surface area (Å²) in [5.41, 5.74) is 1.28. The fourth-order valence-corrected chi connectivity index (χ4v) is 4.23. The lowest BCUT2D eigenvalue weighted by Gasteiger charge is -2.40. The molecule has 2 saturated heterocycles. The largest absolute Gasteiger partial charge is 0.497 e. The maximum atomic E-state index is 5.33. The van der Waals surface area contributed by atoms with Crippen molar-refractivity contribution in [2.75, 3.05) is 57.5 Å². The van der Waals surface area contributed by atoms with Crippen LogP contribution in [0.2, 0.25) is 0 Å². The van der Waals surface area contributed by atoms with Crippen molar-refractivity contribution in [3.63, 3.8) is 0 Å². The van der Waals surface area contributed by atoms with Crippen molar-refractivity contribution in [1.29, 1.82) is 0 Å². The van der Waals surface area contributed by atoms with Crippen molar-refractivity contribution in [2.24, 2.45) is 0 Å². The third-order valence-corrected chi connectivity index (χ3v) is 5.72. The van der Waals surface area contributed by atoms with Crippen LogP contribution in [0.5, 0.6) is 5.75 Å². The Bertz CT molecular complexity index is 463. The van der Waals surface area contributed by atoms with E-state index in [0.717, 1.165) is 50.3 Å². The molecule has 0 amide bonds. The molecule has 2 atom stereocenters. The van der Waals surface area contributed by atoms with Gasteiger partial charge in [0.25, 0.3) is 0 Å². The number of thioether (sulfide) groups is 1. The van der Waals surface area contributed by atoms with E-state index in [1.165, 1.54) is 5.69 Å². The number of anilines is 1. The van der Waals surface area contributed by atoms with Gasteiger partial charge >= 0.3 is 0 Å². The maximum absolute atomic E-state index is 5.33. The molecule has 2 unspecified atom stereocenters. The molecule has 1 aromatic rings. The van der Waals surface area contributed by atoms with Crippen LogP contribution in [0.3, 0.4) is 0 Å². The van der Waals surface area contributed by atoms with Gasteiger partial charge in [-0.15, -0.1) is 0 Å². The van der Waals surface area contributed by atoms with Gasteiger partial charge in [0.15, 0.2) is 0 Å². The molecule has 1 aromatic carbocycles. The molecule has 1 N–H and O–H groups in total. The Morgan fingerprint density at radius 2 is 2.00 bits per heavy atom. The molecule has 2 aliphatic heterocycles. The predicted octanol–water partition coefficient (Wildman–Crippen LogP) is 1.52. The van der Waals surface area contributed by atoms with E-state index in [1.54, 1.807) is 7.11 Å². The third-order valence-electron chi connectivity index (χ3n) is 4.63. The number of hydrogen-bond acceptors (Lipinski definition) is 5. The summed E-state index contributed by atoms with van der Waals surface area (Å²) in [5, 5.41) is 4.28.